The van der Waals surface area contributed by atoms with E-state index in [2.05, 4.69) is 20.7 Å². The van der Waals surface area contributed by atoms with Gasteiger partial charge >= 0.3 is 0 Å². The van der Waals surface area contributed by atoms with Crippen LogP contribution in [-0.2, 0) is 10.0 Å². The first-order valence-corrected chi connectivity index (χ1v) is 8.40. The molecule has 16 heavy (non-hydrogen) atoms. The number of hydrogen-bond acceptors (Lipinski definition) is 3. The zero-order valence-electron chi connectivity index (χ0n) is 8.74. The molecule has 0 aromatic carbocycles. The number of thiophene rings is 1. The van der Waals surface area contributed by atoms with Crippen LogP contribution in [0.15, 0.2) is 16.3 Å². The molecule has 1 heterocycles. The lowest BCUT2D eigenvalue weighted by molar-refractivity contribution is 0.579. The first-order valence-electron chi connectivity index (χ1n) is 4.81. The van der Waals surface area contributed by atoms with Crippen molar-refractivity contribution in [3.63, 3.8) is 0 Å². The van der Waals surface area contributed by atoms with Crippen LogP contribution in [0, 0.1) is 0 Å². The molecule has 1 rings (SSSR count). The van der Waals surface area contributed by atoms with Gasteiger partial charge in [-0.3, -0.25) is 0 Å². The average molecular weight is 347 g/mol. The molecule has 0 fully saturated rings. The molecule has 0 spiro atoms. The van der Waals surface area contributed by atoms with E-state index in [-0.39, 0.29) is 4.21 Å². The largest absolute Gasteiger partial charge is 0.250 e. The highest BCUT2D eigenvalue weighted by Crippen LogP contribution is 2.25. The molecule has 1 atom stereocenters. The Morgan fingerprint density at radius 3 is 2.75 bits per heavy atom. The van der Waals surface area contributed by atoms with Gasteiger partial charge in [0.2, 0.25) is 10.0 Å². The normalized spacial score (nSPS) is 13.9. The highest BCUT2D eigenvalue weighted by molar-refractivity contribution is 9.09. The molecule has 0 amide bonds. The first-order chi connectivity index (χ1) is 7.42. The summed E-state index contributed by atoms with van der Waals surface area (Å²) in [6.45, 7) is 2.49. The second-order valence-corrected chi connectivity index (χ2v) is 8.65. The second-order valence-electron chi connectivity index (χ2n) is 3.38. The Morgan fingerprint density at radius 1 is 1.56 bits per heavy atom. The Labute approximate surface area is 113 Å². The predicted octanol–water partition coefficient (Wildman–Crippen LogP) is 3.24. The van der Waals surface area contributed by atoms with Gasteiger partial charge in [0.05, 0.1) is 4.34 Å². The standard InChI is InChI=1S/C9H13BrClNO2S2/c1-7(10)3-2-6-12-16(13,14)9-5-4-8(11)15-9/h4-5,7,12H,2-3,6H2,1H3. The number of rotatable bonds is 6. The summed E-state index contributed by atoms with van der Waals surface area (Å²) < 4.78 is 26.7. The molecule has 0 aliphatic heterocycles. The van der Waals surface area contributed by atoms with E-state index in [9.17, 15) is 8.42 Å². The summed E-state index contributed by atoms with van der Waals surface area (Å²) >= 11 is 10.2. The molecule has 92 valence electrons. The number of alkyl halides is 1. The van der Waals surface area contributed by atoms with Crippen LogP contribution in [-0.4, -0.2) is 19.8 Å². The molecule has 0 aliphatic carbocycles. The van der Waals surface area contributed by atoms with Gasteiger partial charge in [0.25, 0.3) is 0 Å². The quantitative estimate of drug-likeness (QED) is 0.635. The molecule has 3 nitrogen and oxygen atoms in total. The van der Waals surface area contributed by atoms with E-state index >= 15 is 0 Å². The third kappa shape index (κ3) is 4.71. The van der Waals surface area contributed by atoms with Crippen LogP contribution < -0.4 is 4.72 Å². The van der Waals surface area contributed by atoms with Gasteiger partial charge in [-0.05, 0) is 25.0 Å². The maximum absolute atomic E-state index is 11.7. The van der Waals surface area contributed by atoms with Gasteiger partial charge < -0.3 is 0 Å². The van der Waals surface area contributed by atoms with Gasteiger partial charge in [-0.1, -0.05) is 34.5 Å². The third-order valence-corrected chi connectivity index (χ3v) is 5.53. The molecule has 7 heteroatoms. The zero-order valence-corrected chi connectivity index (χ0v) is 12.7. The van der Waals surface area contributed by atoms with Crippen LogP contribution >= 0.6 is 38.9 Å². The predicted molar refractivity (Wildman–Crippen MR) is 72.1 cm³/mol. The lowest BCUT2D eigenvalue weighted by Gasteiger charge is -2.05. The minimum atomic E-state index is -3.37. The van der Waals surface area contributed by atoms with E-state index in [4.69, 9.17) is 11.6 Å². The zero-order chi connectivity index (χ0) is 12.2. The molecule has 0 bridgehead atoms. The van der Waals surface area contributed by atoms with E-state index in [0.717, 1.165) is 24.2 Å². The Bertz CT molecular complexity index is 430. The van der Waals surface area contributed by atoms with Crippen molar-refractivity contribution < 1.29 is 8.42 Å². The van der Waals surface area contributed by atoms with Crippen molar-refractivity contribution in [3.8, 4) is 0 Å². The SMILES string of the molecule is CC(Br)CCCNS(=O)(=O)c1ccc(Cl)s1. The lowest BCUT2D eigenvalue weighted by atomic mass is 10.2. The molecular formula is C9H13BrClNO2S2. The Kier molecular flexibility index (Phi) is 5.73. The fraction of sp³-hybridized carbons (Fsp3) is 0.556. The van der Waals surface area contributed by atoms with Gasteiger partial charge in [-0.2, -0.15) is 0 Å². The fourth-order valence-corrected chi connectivity index (χ4v) is 4.03. The van der Waals surface area contributed by atoms with E-state index in [1.54, 1.807) is 6.07 Å². The number of nitrogens with one attached hydrogen (secondary N) is 1. The van der Waals surface area contributed by atoms with E-state index < -0.39 is 10.0 Å². The van der Waals surface area contributed by atoms with Crippen LogP contribution in [0.3, 0.4) is 0 Å². The lowest BCUT2D eigenvalue weighted by Crippen LogP contribution is -2.24. The molecule has 0 radical (unpaired) electrons. The summed E-state index contributed by atoms with van der Waals surface area (Å²) in [5.41, 5.74) is 0. The molecule has 0 aliphatic rings. The smallest absolute Gasteiger partial charge is 0.210 e. The van der Waals surface area contributed by atoms with Crippen LogP contribution in [0.5, 0.6) is 0 Å². The second kappa shape index (κ2) is 6.35. The van der Waals surface area contributed by atoms with E-state index in [1.165, 1.54) is 6.07 Å². The van der Waals surface area contributed by atoms with Gasteiger partial charge in [0.15, 0.2) is 0 Å². The summed E-state index contributed by atoms with van der Waals surface area (Å²) in [6, 6.07) is 3.10. The van der Waals surface area contributed by atoms with E-state index in [0.29, 0.717) is 15.7 Å². The molecule has 1 aromatic heterocycles. The third-order valence-electron chi connectivity index (χ3n) is 1.88. The summed E-state index contributed by atoms with van der Waals surface area (Å²) in [6.07, 6.45) is 1.75. The molecule has 0 saturated heterocycles. The maximum atomic E-state index is 11.7. The van der Waals surface area contributed by atoms with E-state index in [1.807, 2.05) is 6.92 Å². The Hall–Kier alpha value is 0.380. The van der Waals surface area contributed by atoms with Crippen LogP contribution in [0.25, 0.3) is 0 Å². The van der Waals surface area contributed by atoms with Crippen molar-refractivity contribution in [2.24, 2.45) is 0 Å². The van der Waals surface area contributed by atoms with Crippen molar-refractivity contribution in [2.45, 2.75) is 28.8 Å². The fourth-order valence-electron chi connectivity index (χ4n) is 1.10. The van der Waals surface area contributed by atoms with Crippen molar-refractivity contribution in [1.29, 1.82) is 0 Å². The highest BCUT2D eigenvalue weighted by Gasteiger charge is 2.15. The Morgan fingerprint density at radius 2 is 2.25 bits per heavy atom. The van der Waals surface area contributed by atoms with Crippen LogP contribution in [0.2, 0.25) is 4.34 Å². The summed E-state index contributed by atoms with van der Waals surface area (Å²) in [4.78, 5) is 0.410. The molecule has 1 N–H and O–H groups in total. The first kappa shape index (κ1) is 14.4. The Balaban J connectivity index is 2.47. The van der Waals surface area contributed by atoms with Gasteiger partial charge in [-0.15, -0.1) is 11.3 Å². The topological polar surface area (TPSA) is 46.2 Å². The van der Waals surface area contributed by atoms with Crippen molar-refractivity contribution in [2.75, 3.05) is 6.54 Å². The monoisotopic (exact) mass is 345 g/mol. The minimum absolute atomic E-state index is 0.268. The van der Waals surface area contributed by atoms with Gasteiger partial charge in [0.1, 0.15) is 4.21 Å². The van der Waals surface area contributed by atoms with Gasteiger partial charge in [-0.25, -0.2) is 13.1 Å². The number of halogens is 2. The van der Waals surface area contributed by atoms with Crippen LogP contribution in [0.4, 0.5) is 0 Å². The maximum Gasteiger partial charge on any atom is 0.250 e. The highest BCUT2D eigenvalue weighted by atomic mass is 79.9. The number of hydrogen-bond donors (Lipinski definition) is 1. The van der Waals surface area contributed by atoms with Gasteiger partial charge in [0, 0.05) is 11.4 Å². The molecule has 1 aromatic rings. The molecule has 0 saturated carbocycles. The minimum Gasteiger partial charge on any atom is -0.210 e. The summed E-state index contributed by atoms with van der Waals surface area (Å²) in [7, 11) is -3.37. The van der Waals surface area contributed by atoms with Crippen molar-refractivity contribution >= 4 is 48.9 Å². The summed E-state index contributed by atoms with van der Waals surface area (Å²) in [5.74, 6) is 0. The average Bonchev–Trinajstić information content (AvgIpc) is 2.60. The van der Waals surface area contributed by atoms with Crippen LogP contribution in [0.1, 0.15) is 19.8 Å². The molecular weight excluding hydrogens is 334 g/mol. The summed E-state index contributed by atoms with van der Waals surface area (Å²) in [5, 5.41) is 0. The van der Waals surface area contributed by atoms with Crippen molar-refractivity contribution in [1.82, 2.24) is 4.72 Å². The molecule has 1 unspecified atom stereocenters. The number of sulfonamides is 1. The van der Waals surface area contributed by atoms with Crippen molar-refractivity contribution in [3.05, 3.63) is 16.5 Å².